The normalized spacial score (nSPS) is 20.7. The molecule has 1 saturated carbocycles. The first-order valence-corrected chi connectivity index (χ1v) is 7.73. The van der Waals surface area contributed by atoms with Crippen molar-refractivity contribution in [3.05, 3.63) is 0 Å². The molecule has 0 bridgehead atoms. The van der Waals surface area contributed by atoms with Gasteiger partial charge in [-0.1, -0.05) is 12.8 Å². The van der Waals surface area contributed by atoms with Crippen molar-refractivity contribution in [1.82, 2.24) is 9.44 Å². The first-order chi connectivity index (χ1) is 7.73. The maximum Gasteiger partial charge on any atom is 0.277 e. The Morgan fingerprint density at radius 3 is 2.24 bits per heavy atom. The van der Waals surface area contributed by atoms with Crippen LogP contribution in [0.4, 0.5) is 0 Å². The zero-order valence-electron chi connectivity index (χ0n) is 11.0. The van der Waals surface area contributed by atoms with Crippen molar-refractivity contribution >= 4 is 10.2 Å². The van der Waals surface area contributed by atoms with Crippen molar-refractivity contribution in [2.45, 2.75) is 58.0 Å². The van der Waals surface area contributed by atoms with Crippen LogP contribution in [0.2, 0.25) is 0 Å². The molecule has 6 heteroatoms. The highest BCUT2D eigenvalue weighted by Gasteiger charge is 2.29. The van der Waals surface area contributed by atoms with Crippen LogP contribution < -0.4 is 15.2 Å². The lowest BCUT2D eigenvalue weighted by molar-refractivity contribution is 0.396. The number of nitrogens with two attached hydrogens (primary N) is 1. The molecule has 0 aromatic heterocycles. The predicted octanol–water partition coefficient (Wildman–Crippen LogP) is 0.726. The zero-order valence-corrected chi connectivity index (χ0v) is 11.8. The SMILES string of the molecule is CC(C)(C)NS(=O)(=O)NC(CN)C1CCCC1. The Bertz CT molecular complexity index is 329. The monoisotopic (exact) mass is 263 g/mol. The summed E-state index contributed by atoms with van der Waals surface area (Å²) in [4.78, 5) is 0. The minimum atomic E-state index is -3.47. The Balaban J connectivity index is 2.60. The van der Waals surface area contributed by atoms with Crippen molar-refractivity contribution in [2.75, 3.05) is 6.54 Å². The third kappa shape index (κ3) is 5.33. The molecule has 1 fully saturated rings. The van der Waals surface area contributed by atoms with Gasteiger partial charge in [-0.15, -0.1) is 0 Å². The van der Waals surface area contributed by atoms with Crippen LogP contribution in [-0.2, 0) is 10.2 Å². The van der Waals surface area contributed by atoms with Crippen molar-refractivity contribution in [1.29, 1.82) is 0 Å². The summed E-state index contributed by atoms with van der Waals surface area (Å²) in [6.07, 6.45) is 4.49. The zero-order chi connectivity index (χ0) is 13.1. The van der Waals surface area contributed by atoms with Gasteiger partial charge in [0.1, 0.15) is 0 Å². The van der Waals surface area contributed by atoms with Gasteiger partial charge in [-0.2, -0.15) is 17.9 Å². The van der Waals surface area contributed by atoms with E-state index in [4.69, 9.17) is 5.73 Å². The van der Waals surface area contributed by atoms with Gasteiger partial charge in [-0.3, -0.25) is 0 Å². The van der Waals surface area contributed by atoms with E-state index < -0.39 is 15.7 Å². The van der Waals surface area contributed by atoms with Crippen LogP contribution in [0.5, 0.6) is 0 Å². The van der Waals surface area contributed by atoms with Gasteiger partial charge >= 0.3 is 0 Å². The summed E-state index contributed by atoms with van der Waals surface area (Å²) in [5.74, 6) is 0.386. The Kier molecular flexibility index (Phi) is 4.95. The van der Waals surface area contributed by atoms with E-state index in [0.29, 0.717) is 12.5 Å². The molecule has 5 nitrogen and oxygen atoms in total. The fraction of sp³-hybridized carbons (Fsp3) is 1.00. The minimum absolute atomic E-state index is 0.141. The number of hydrogen-bond donors (Lipinski definition) is 3. The summed E-state index contributed by atoms with van der Waals surface area (Å²) < 4.78 is 29.1. The molecule has 102 valence electrons. The predicted molar refractivity (Wildman–Crippen MR) is 69.7 cm³/mol. The van der Waals surface area contributed by atoms with E-state index >= 15 is 0 Å². The van der Waals surface area contributed by atoms with E-state index in [1.807, 2.05) is 20.8 Å². The first kappa shape index (κ1) is 14.9. The van der Waals surface area contributed by atoms with Crippen LogP contribution in [0.3, 0.4) is 0 Å². The van der Waals surface area contributed by atoms with Crippen molar-refractivity contribution in [3.8, 4) is 0 Å². The highest BCUT2D eigenvalue weighted by Crippen LogP contribution is 2.27. The Morgan fingerprint density at radius 2 is 1.82 bits per heavy atom. The van der Waals surface area contributed by atoms with Gasteiger partial charge < -0.3 is 5.73 Å². The fourth-order valence-corrected chi connectivity index (χ4v) is 3.88. The van der Waals surface area contributed by atoms with E-state index in [-0.39, 0.29) is 6.04 Å². The van der Waals surface area contributed by atoms with E-state index in [1.165, 1.54) is 12.8 Å². The topological polar surface area (TPSA) is 84.2 Å². The lowest BCUT2D eigenvalue weighted by Crippen LogP contribution is -2.53. The van der Waals surface area contributed by atoms with E-state index in [1.54, 1.807) is 0 Å². The molecule has 0 aromatic carbocycles. The minimum Gasteiger partial charge on any atom is -0.329 e. The average Bonchev–Trinajstić information content (AvgIpc) is 2.62. The first-order valence-electron chi connectivity index (χ1n) is 6.25. The Morgan fingerprint density at radius 1 is 1.29 bits per heavy atom. The van der Waals surface area contributed by atoms with E-state index in [9.17, 15) is 8.42 Å². The number of rotatable bonds is 5. The molecule has 0 spiro atoms. The summed E-state index contributed by atoms with van der Waals surface area (Å²) in [6.45, 7) is 5.81. The number of hydrogen-bond acceptors (Lipinski definition) is 3. The second-order valence-electron chi connectivity index (χ2n) is 5.86. The molecule has 1 aliphatic rings. The van der Waals surface area contributed by atoms with Gasteiger partial charge in [-0.25, -0.2) is 0 Å². The van der Waals surface area contributed by atoms with Crippen LogP contribution in [0.15, 0.2) is 0 Å². The second kappa shape index (κ2) is 5.65. The smallest absolute Gasteiger partial charge is 0.277 e. The van der Waals surface area contributed by atoms with Crippen LogP contribution in [0, 0.1) is 5.92 Å². The summed E-state index contributed by atoms with van der Waals surface area (Å²) in [5.41, 5.74) is 5.20. The summed E-state index contributed by atoms with van der Waals surface area (Å²) in [7, 11) is -3.47. The summed E-state index contributed by atoms with van der Waals surface area (Å²) in [5, 5.41) is 0. The highest BCUT2D eigenvalue weighted by molar-refractivity contribution is 7.87. The third-order valence-electron chi connectivity index (χ3n) is 2.97. The molecule has 0 aliphatic heterocycles. The van der Waals surface area contributed by atoms with Crippen molar-refractivity contribution in [3.63, 3.8) is 0 Å². The van der Waals surface area contributed by atoms with E-state index in [2.05, 4.69) is 9.44 Å². The summed E-state index contributed by atoms with van der Waals surface area (Å²) in [6, 6.07) is -0.141. The molecule has 0 amide bonds. The molecule has 1 aliphatic carbocycles. The summed E-state index contributed by atoms with van der Waals surface area (Å²) >= 11 is 0. The van der Waals surface area contributed by atoms with Crippen LogP contribution >= 0.6 is 0 Å². The molecule has 1 atom stereocenters. The van der Waals surface area contributed by atoms with Gasteiger partial charge in [-0.05, 0) is 39.5 Å². The highest BCUT2D eigenvalue weighted by atomic mass is 32.2. The maximum absolute atomic E-state index is 11.9. The molecular weight excluding hydrogens is 238 g/mol. The molecule has 4 N–H and O–H groups in total. The maximum atomic E-state index is 11.9. The van der Waals surface area contributed by atoms with E-state index in [0.717, 1.165) is 12.8 Å². The standard InChI is InChI=1S/C11H25N3O2S/c1-11(2,3)14-17(15,16)13-10(8-12)9-6-4-5-7-9/h9-10,13-14H,4-8,12H2,1-3H3. The molecule has 0 heterocycles. The van der Waals surface area contributed by atoms with Crippen molar-refractivity contribution < 1.29 is 8.42 Å². The molecule has 0 saturated heterocycles. The quantitative estimate of drug-likeness (QED) is 0.683. The number of nitrogens with one attached hydrogen (secondary N) is 2. The molecule has 17 heavy (non-hydrogen) atoms. The van der Waals surface area contributed by atoms with Gasteiger partial charge in [0.15, 0.2) is 0 Å². The van der Waals surface area contributed by atoms with Crippen LogP contribution in [-0.4, -0.2) is 26.5 Å². The van der Waals surface area contributed by atoms with Gasteiger partial charge in [0.05, 0.1) is 0 Å². The molecule has 1 unspecified atom stereocenters. The molecule has 0 aromatic rings. The third-order valence-corrected chi connectivity index (χ3v) is 4.46. The Labute approximate surface area is 105 Å². The fourth-order valence-electron chi connectivity index (χ4n) is 2.33. The van der Waals surface area contributed by atoms with Gasteiger partial charge in [0.25, 0.3) is 10.2 Å². The molecule has 0 radical (unpaired) electrons. The second-order valence-corrected chi connectivity index (χ2v) is 7.31. The largest absolute Gasteiger partial charge is 0.329 e. The lowest BCUT2D eigenvalue weighted by atomic mass is 9.99. The molecule has 1 rings (SSSR count). The average molecular weight is 263 g/mol. The van der Waals surface area contributed by atoms with Crippen LogP contribution in [0.25, 0.3) is 0 Å². The Hall–Kier alpha value is -0.170. The van der Waals surface area contributed by atoms with Gasteiger partial charge in [0, 0.05) is 18.1 Å². The van der Waals surface area contributed by atoms with Gasteiger partial charge in [0.2, 0.25) is 0 Å². The van der Waals surface area contributed by atoms with Crippen LogP contribution in [0.1, 0.15) is 46.5 Å². The lowest BCUT2D eigenvalue weighted by Gasteiger charge is -2.26. The van der Waals surface area contributed by atoms with Crippen molar-refractivity contribution in [2.24, 2.45) is 11.7 Å². The molecular formula is C11H25N3O2S.